The molecule has 0 saturated carbocycles. The Bertz CT molecular complexity index is 1280. The maximum absolute atomic E-state index is 14.2. The van der Waals surface area contributed by atoms with Gasteiger partial charge in [0.1, 0.15) is 23.3 Å². The Morgan fingerprint density at radius 1 is 1.19 bits per heavy atom. The molecule has 9 heteroatoms. The summed E-state index contributed by atoms with van der Waals surface area (Å²) in [6.45, 7) is 3.76. The molecule has 7 nitrogen and oxygen atoms in total. The molecule has 0 unspecified atom stereocenters. The second-order valence-corrected chi connectivity index (χ2v) is 9.37. The lowest BCUT2D eigenvalue weighted by Crippen LogP contribution is -2.50. The van der Waals surface area contributed by atoms with Gasteiger partial charge in [-0.1, -0.05) is 31.2 Å². The van der Waals surface area contributed by atoms with Gasteiger partial charge < -0.3 is 19.6 Å². The lowest BCUT2D eigenvalue weighted by atomic mass is 9.99. The molecule has 0 aliphatic carbocycles. The number of nitrogens with zero attached hydrogens (tertiary/aromatic N) is 3. The van der Waals surface area contributed by atoms with Crippen LogP contribution in [0.4, 0.5) is 8.78 Å². The number of carbonyl (C=O) groups is 2. The fourth-order valence-electron chi connectivity index (χ4n) is 4.31. The smallest absolute Gasteiger partial charge is 0.259 e. The number of benzene rings is 2. The number of rotatable bonds is 6. The predicted octanol–water partition coefficient (Wildman–Crippen LogP) is 4.02. The number of amides is 2. The second kappa shape index (κ2) is 11.0. The average Bonchev–Trinajstić information content (AvgIpc) is 2.90. The average molecular weight is 510 g/mol. The van der Waals surface area contributed by atoms with Crippen molar-refractivity contribution in [3.8, 4) is 17.0 Å². The minimum Gasteiger partial charge on any atom is -0.472 e. The van der Waals surface area contributed by atoms with Crippen LogP contribution in [0, 0.1) is 17.6 Å². The highest BCUT2D eigenvalue weighted by atomic mass is 19.1. The van der Waals surface area contributed by atoms with Gasteiger partial charge in [0, 0.05) is 31.3 Å². The fourth-order valence-corrected chi connectivity index (χ4v) is 4.31. The van der Waals surface area contributed by atoms with Crippen molar-refractivity contribution in [1.29, 1.82) is 0 Å². The van der Waals surface area contributed by atoms with Crippen LogP contribution >= 0.6 is 0 Å². The Kier molecular flexibility index (Phi) is 7.83. The Hall–Kier alpha value is -3.85. The molecule has 1 aromatic heterocycles. The molecular formula is C28H29F2N3O4. The first kappa shape index (κ1) is 26.2. The third kappa shape index (κ3) is 5.61. The SMILES string of the molecule is C[C@@H]1CN([C@H](C)CO)C(=O)c2cc(-c3ccc(F)cc3)cnc2O[C@@H]1CN(C)C(=O)c1ccccc1F. The molecule has 2 aromatic carbocycles. The number of ether oxygens (including phenoxy) is 1. The van der Waals surface area contributed by atoms with Crippen LogP contribution in [0.5, 0.6) is 5.88 Å². The Morgan fingerprint density at radius 2 is 1.89 bits per heavy atom. The topological polar surface area (TPSA) is 83.0 Å². The van der Waals surface area contributed by atoms with Crippen LogP contribution in [0.15, 0.2) is 60.8 Å². The summed E-state index contributed by atoms with van der Waals surface area (Å²) in [5, 5.41) is 9.83. The minimum atomic E-state index is -0.611. The van der Waals surface area contributed by atoms with E-state index in [0.29, 0.717) is 11.1 Å². The minimum absolute atomic E-state index is 0.0448. The molecule has 0 fully saturated rings. The Morgan fingerprint density at radius 3 is 2.57 bits per heavy atom. The number of aliphatic hydroxyl groups excluding tert-OH is 1. The molecule has 0 spiro atoms. The molecule has 37 heavy (non-hydrogen) atoms. The van der Waals surface area contributed by atoms with Gasteiger partial charge in [-0.25, -0.2) is 13.8 Å². The van der Waals surface area contributed by atoms with Crippen LogP contribution in [0.2, 0.25) is 0 Å². The lowest BCUT2D eigenvalue weighted by Gasteiger charge is -2.37. The number of aliphatic hydroxyl groups is 1. The molecular weight excluding hydrogens is 480 g/mol. The first-order valence-electron chi connectivity index (χ1n) is 12.0. The van der Waals surface area contributed by atoms with E-state index in [0.717, 1.165) is 0 Å². The molecule has 4 rings (SSSR count). The number of fused-ring (bicyclic) bond motifs is 1. The molecule has 3 atom stereocenters. The standard InChI is InChI=1S/C28H29F2N3O4/c1-17-14-33(18(2)16-34)28(36)23-12-20(19-8-10-21(29)11-9-19)13-31-26(23)37-25(17)15-32(3)27(35)22-6-4-5-7-24(22)30/h4-13,17-18,25,34H,14-16H2,1-3H3/t17-,18-,25-/m1/s1. The molecule has 0 bridgehead atoms. The van der Waals surface area contributed by atoms with E-state index < -0.39 is 23.9 Å². The number of halogens is 2. The summed E-state index contributed by atoms with van der Waals surface area (Å²) in [5.74, 6) is -1.99. The summed E-state index contributed by atoms with van der Waals surface area (Å²) < 4.78 is 33.8. The van der Waals surface area contributed by atoms with Crippen LogP contribution < -0.4 is 4.74 Å². The van der Waals surface area contributed by atoms with E-state index in [2.05, 4.69) is 4.98 Å². The molecule has 2 heterocycles. The number of likely N-dealkylation sites (N-methyl/N-ethyl adjacent to an activating group) is 1. The number of hydrogen-bond donors (Lipinski definition) is 1. The van der Waals surface area contributed by atoms with E-state index in [4.69, 9.17) is 4.74 Å². The third-order valence-corrected chi connectivity index (χ3v) is 6.60. The van der Waals surface area contributed by atoms with Crippen molar-refractivity contribution < 1.29 is 28.2 Å². The van der Waals surface area contributed by atoms with E-state index >= 15 is 0 Å². The zero-order chi connectivity index (χ0) is 26.7. The quantitative estimate of drug-likeness (QED) is 0.543. The van der Waals surface area contributed by atoms with Crippen LogP contribution in [-0.2, 0) is 0 Å². The maximum Gasteiger partial charge on any atom is 0.259 e. The number of aromatic nitrogens is 1. The summed E-state index contributed by atoms with van der Waals surface area (Å²) >= 11 is 0. The molecule has 0 saturated heterocycles. The molecule has 2 amide bonds. The number of carbonyl (C=O) groups excluding carboxylic acids is 2. The summed E-state index contributed by atoms with van der Waals surface area (Å²) in [6, 6.07) is 12.8. The van der Waals surface area contributed by atoms with Gasteiger partial charge in [-0.3, -0.25) is 9.59 Å². The zero-order valence-corrected chi connectivity index (χ0v) is 20.9. The number of hydrogen-bond acceptors (Lipinski definition) is 5. The van der Waals surface area contributed by atoms with E-state index in [9.17, 15) is 23.5 Å². The zero-order valence-electron chi connectivity index (χ0n) is 20.9. The van der Waals surface area contributed by atoms with E-state index in [1.807, 2.05) is 6.92 Å². The number of pyridine rings is 1. The normalized spacial score (nSPS) is 18.3. The summed E-state index contributed by atoms with van der Waals surface area (Å²) in [7, 11) is 1.56. The third-order valence-electron chi connectivity index (χ3n) is 6.60. The highest BCUT2D eigenvalue weighted by molar-refractivity contribution is 5.98. The van der Waals surface area contributed by atoms with Gasteiger partial charge in [-0.2, -0.15) is 0 Å². The maximum atomic E-state index is 14.2. The predicted molar refractivity (Wildman–Crippen MR) is 134 cm³/mol. The van der Waals surface area contributed by atoms with E-state index in [-0.39, 0.29) is 54.3 Å². The van der Waals surface area contributed by atoms with Crippen LogP contribution in [0.3, 0.4) is 0 Å². The lowest BCUT2D eigenvalue weighted by molar-refractivity contribution is 0.0312. The first-order chi connectivity index (χ1) is 17.7. The van der Waals surface area contributed by atoms with E-state index in [1.54, 1.807) is 43.1 Å². The van der Waals surface area contributed by atoms with Crippen LogP contribution in [-0.4, -0.2) is 70.6 Å². The van der Waals surface area contributed by atoms with Crippen molar-refractivity contribution in [2.45, 2.75) is 26.0 Å². The second-order valence-electron chi connectivity index (χ2n) is 9.37. The van der Waals surface area contributed by atoms with Crippen molar-refractivity contribution in [3.05, 3.63) is 83.6 Å². The van der Waals surface area contributed by atoms with Gasteiger partial charge in [-0.15, -0.1) is 0 Å². The van der Waals surface area contributed by atoms with Gasteiger partial charge in [0.15, 0.2) is 0 Å². The van der Waals surface area contributed by atoms with Gasteiger partial charge in [0.25, 0.3) is 11.8 Å². The first-order valence-corrected chi connectivity index (χ1v) is 12.0. The highest BCUT2D eigenvalue weighted by Crippen LogP contribution is 2.30. The summed E-state index contributed by atoms with van der Waals surface area (Å²) in [5.41, 5.74) is 1.43. The largest absolute Gasteiger partial charge is 0.472 e. The molecule has 3 aromatic rings. The van der Waals surface area contributed by atoms with Gasteiger partial charge in [0.2, 0.25) is 5.88 Å². The Balaban J connectivity index is 1.68. The Labute approximate surface area is 214 Å². The van der Waals surface area contributed by atoms with Crippen LogP contribution in [0.1, 0.15) is 34.6 Å². The highest BCUT2D eigenvalue weighted by Gasteiger charge is 2.35. The van der Waals surface area contributed by atoms with Crippen molar-refractivity contribution in [2.24, 2.45) is 5.92 Å². The molecule has 194 valence electrons. The van der Waals surface area contributed by atoms with Crippen molar-refractivity contribution in [2.75, 3.05) is 26.7 Å². The van der Waals surface area contributed by atoms with Gasteiger partial charge in [0.05, 0.1) is 24.8 Å². The molecule has 1 aliphatic heterocycles. The van der Waals surface area contributed by atoms with Crippen molar-refractivity contribution in [3.63, 3.8) is 0 Å². The van der Waals surface area contributed by atoms with Crippen molar-refractivity contribution in [1.82, 2.24) is 14.8 Å². The van der Waals surface area contributed by atoms with E-state index in [1.165, 1.54) is 41.4 Å². The monoisotopic (exact) mass is 509 g/mol. The van der Waals surface area contributed by atoms with Crippen LogP contribution in [0.25, 0.3) is 11.1 Å². The molecule has 1 N–H and O–H groups in total. The fraction of sp³-hybridized carbons (Fsp3) is 0.321. The summed E-state index contributed by atoms with van der Waals surface area (Å²) in [4.78, 5) is 33.9. The molecule has 1 aliphatic rings. The summed E-state index contributed by atoms with van der Waals surface area (Å²) in [6.07, 6.45) is 0.960. The van der Waals surface area contributed by atoms with Crippen molar-refractivity contribution >= 4 is 11.8 Å². The van der Waals surface area contributed by atoms with Gasteiger partial charge >= 0.3 is 0 Å². The molecule has 0 radical (unpaired) electrons. The van der Waals surface area contributed by atoms with Gasteiger partial charge in [-0.05, 0) is 42.8 Å².